The first-order valence-corrected chi connectivity index (χ1v) is 9.57. The summed E-state index contributed by atoms with van der Waals surface area (Å²) in [7, 11) is 1.59. The molecule has 0 atom stereocenters. The van der Waals surface area contributed by atoms with E-state index in [-0.39, 0.29) is 18.4 Å². The van der Waals surface area contributed by atoms with Crippen LogP contribution in [-0.2, 0) is 9.59 Å². The zero-order chi connectivity index (χ0) is 19.6. The second-order valence-electron chi connectivity index (χ2n) is 5.62. The molecule has 0 spiro atoms. The van der Waals surface area contributed by atoms with Gasteiger partial charge in [-0.15, -0.1) is 11.3 Å². The van der Waals surface area contributed by atoms with Crippen LogP contribution in [0.5, 0.6) is 11.5 Å². The Labute approximate surface area is 163 Å². The first kappa shape index (κ1) is 20.5. The number of hydrogen-bond acceptors (Lipinski definition) is 5. The van der Waals surface area contributed by atoms with Crippen molar-refractivity contribution in [2.45, 2.75) is 13.8 Å². The molecule has 0 unspecified atom stereocenters. The third kappa shape index (κ3) is 6.45. The van der Waals surface area contributed by atoms with Gasteiger partial charge in [0.2, 0.25) is 11.8 Å². The minimum absolute atomic E-state index is 0.0508. The number of carbonyl (C=O) groups is 2. The minimum Gasteiger partial charge on any atom is -0.490 e. The number of rotatable bonds is 9. The first-order valence-electron chi connectivity index (χ1n) is 8.69. The second kappa shape index (κ2) is 10.4. The lowest BCUT2D eigenvalue weighted by Crippen LogP contribution is -2.33. The Morgan fingerprint density at radius 2 is 1.89 bits per heavy atom. The van der Waals surface area contributed by atoms with Crippen molar-refractivity contribution in [3.63, 3.8) is 0 Å². The largest absolute Gasteiger partial charge is 0.490 e. The number of hydrogen-bond donors (Lipinski definition) is 1. The van der Waals surface area contributed by atoms with Crippen LogP contribution in [0.3, 0.4) is 0 Å². The number of nitrogens with one attached hydrogen (secondary N) is 1. The normalized spacial score (nSPS) is 10.6. The highest BCUT2D eigenvalue weighted by molar-refractivity contribution is 7.10. The maximum Gasteiger partial charge on any atom is 0.246 e. The summed E-state index contributed by atoms with van der Waals surface area (Å²) < 4.78 is 11.1. The van der Waals surface area contributed by atoms with Gasteiger partial charge in [-0.3, -0.25) is 9.59 Å². The molecule has 1 aromatic carbocycles. The average molecular weight is 388 g/mol. The quantitative estimate of drug-likeness (QED) is 0.666. The molecule has 2 rings (SSSR count). The highest BCUT2D eigenvalue weighted by Crippen LogP contribution is 2.30. The Kier molecular flexibility index (Phi) is 7.88. The van der Waals surface area contributed by atoms with Gasteiger partial charge < -0.3 is 19.7 Å². The molecule has 0 radical (unpaired) electrons. The van der Waals surface area contributed by atoms with E-state index >= 15 is 0 Å². The van der Waals surface area contributed by atoms with Gasteiger partial charge in [0, 0.05) is 29.8 Å². The summed E-state index contributed by atoms with van der Waals surface area (Å²) in [4.78, 5) is 26.7. The van der Waals surface area contributed by atoms with Crippen LogP contribution < -0.4 is 14.8 Å². The summed E-state index contributed by atoms with van der Waals surface area (Å²) in [5.74, 6) is 0.672. The summed E-state index contributed by atoms with van der Waals surface area (Å²) >= 11 is 1.54. The predicted molar refractivity (Wildman–Crippen MR) is 108 cm³/mol. The van der Waals surface area contributed by atoms with E-state index in [1.165, 1.54) is 11.0 Å². The highest BCUT2D eigenvalue weighted by atomic mass is 32.1. The van der Waals surface area contributed by atoms with Gasteiger partial charge in [0.25, 0.3) is 0 Å². The van der Waals surface area contributed by atoms with Gasteiger partial charge in [-0.1, -0.05) is 6.07 Å². The Bertz CT molecular complexity index is 787. The summed E-state index contributed by atoms with van der Waals surface area (Å²) in [6.07, 6.45) is 3.20. The Balaban J connectivity index is 1.94. The number of thiophene rings is 1. The van der Waals surface area contributed by atoms with Crippen molar-refractivity contribution < 1.29 is 19.1 Å². The molecule has 2 aromatic rings. The summed E-state index contributed by atoms with van der Waals surface area (Å²) in [6, 6.07) is 9.04. The number of benzene rings is 1. The molecule has 1 N–H and O–H groups in total. The number of ether oxygens (including phenoxy) is 2. The molecule has 0 saturated heterocycles. The van der Waals surface area contributed by atoms with Gasteiger partial charge in [-0.05, 0) is 43.5 Å². The van der Waals surface area contributed by atoms with E-state index in [0.29, 0.717) is 30.4 Å². The Morgan fingerprint density at radius 3 is 2.56 bits per heavy atom. The van der Waals surface area contributed by atoms with Crippen molar-refractivity contribution >= 4 is 34.9 Å². The van der Waals surface area contributed by atoms with E-state index in [1.807, 2.05) is 31.4 Å². The zero-order valence-corrected chi connectivity index (χ0v) is 16.5. The highest BCUT2D eigenvalue weighted by Gasteiger charge is 2.12. The molecule has 0 aliphatic rings. The van der Waals surface area contributed by atoms with Crippen LogP contribution in [0.15, 0.2) is 41.8 Å². The minimum atomic E-state index is -0.290. The molecular weight excluding hydrogens is 364 g/mol. The van der Waals surface area contributed by atoms with Crippen LogP contribution >= 0.6 is 11.3 Å². The average Bonchev–Trinajstić information content (AvgIpc) is 3.15. The molecule has 0 bridgehead atoms. The third-order valence-electron chi connectivity index (χ3n) is 3.52. The molecule has 0 aliphatic carbocycles. The zero-order valence-electron chi connectivity index (χ0n) is 15.7. The van der Waals surface area contributed by atoms with Gasteiger partial charge in [-0.25, -0.2) is 0 Å². The number of carbonyl (C=O) groups excluding carboxylic acids is 2. The lowest BCUT2D eigenvalue weighted by atomic mass is 10.2. The lowest BCUT2D eigenvalue weighted by Gasteiger charge is -2.16. The molecular formula is C20H24N2O4S. The maximum atomic E-state index is 12.2. The monoisotopic (exact) mass is 388 g/mol. The molecule has 144 valence electrons. The van der Waals surface area contributed by atoms with Crippen molar-refractivity contribution in [3.8, 4) is 11.5 Å². The standard InChI is InChI=1S/C20H24N2O4S/c1-4-25-17-10-8-15(13-18(17)26-5-2)21-19(23)14-22(3)20(24)11-9-16-7-6-12-27-16/h6-13H,4-5,14H2,1-3H3,(H,21,23). The molecule has 0 aliphatic heterocycles. The van der Waals surface area contributed by atoms with Gasteiger partial charge in [-0.2, -0.15) is 0 Å². The van der Waals surface area contributed by atoms with Gasteiger partial charge >= 0.3 is 0 Å². The van der Waals surface area contributed by atoms with E-state index < -0.39 is 0 Å². The van der Waals surface area contributed by atoms with E-state index in [0.717, 1.165) is 4.88 Å². The number of nitrogens with zero attached hydrogens (tertiary/aromatic N) is 1. The van der Waals surface area contributed by atoms with Crippen LogP contribution in [0.1, 0.15) is 18.7 Å². The van der Waals surface area contributed by atoms with Gasteiger partial charge in [0.05, 0.1) is 19.8 Å². The van der Waals surface area contributed by atoms with Crippen molar-refractivity contribution in [1.82, 2.24) is 4.90 Å². The molecule has 27 heavy (non-hydrogen) atoms. The van der Waals surface area contributed by atoms with Gasteiger partial charge in [0.15, 0.2) is 11.5 Å². The first-order chi connectivity index (χ1) is 13.0. The molecule has 2 amide bonds. The molecule has 1 aromatic heterocycles. The number of anilines is 1. The van der Waals surface area contributed by atoms with E-state index in [9.17, 15) is 9.59 Å². The fourth-order valence-corrected chi connectivity index (χ4v) is 2.91. The van der Waals surface area contributed by atoms with Crippen LogP contribution in [-0.4, -0.2) is 43.5 Å². The van der Waals surface area contributed by atoms with Crippen LogP contribution in [0.25, 0.3) is 6.08 Å². The van der Waals surface area contributed by atoms with Crippen molar-refractivity contribution in [3.05, 3.63) is 46.7 Å². The van der Waals surface area contributed by atoms with Crippen molar-refractivity contribution in [2.75, 3.05) is 32.1 Å². The molecule has 6 nitrogen and oxygen atoms in total. The Morgan fingerprint density at radius 1 is 1.15 bits per heavy atom. The van der Waals surface area contributed by atoms with E-state index in [4.69, 9.17) is 9.47 Å². The molecule has 1 heterocycles. The number of likely N-dealkylation sites (N-methyl/N-ethyl adjacent to an activating group) is 1. The van der Waals surface area contributed by atoms with Crippen molar-refractivity contribution in [2.24, 2.45) is 0 Å². The molecule has 0 fully saturated rings. The fourth-order valence-electron chi connectivity index (χ4n) is 2.29. The Hall–Kier alpha value is -2.80. The SMILES string of the molecule is CCOc1ccc(NC(=O)CN(C)C(=O)C=Cc2cccs2)cc1OCC. The van der Waals surface area contributed by atoms with Crippen molar-refractivity contribution in [1.29, 1.82) is 0 Å². The summed E-state index contributed by atoms with van der Waals surface area (Å²) in [6.45, 7) is 4.74. The fraction of sp³-hybridized carbons (Fsp3) is 0.300. The van der Waals surface area contributed by atoms with Crippen LogP contribution in [0, 0.1) is 0 Å². The molecule has 7 heteroatoms. The van der Waals surface area contributed by atoms with Crippen LogP contribution in [0.4, 0.5) is 5.69 Å². The maximum absolute atomic E-state index is 12.2. The van der Waals surface area contributed by atoms with Crippen LogP contribution in [0.2, 0.25) is 0 Å². The van der Waals surface area contributed by atoms with E-state index in [1.54, 1.807) is 42.7 Å². The lowest BCUT2D eigenvalue weighted by molar-refractivity contribution is -0.129. The summed E-state index contributed by atoms with van der Waals surface area (Å²) in [5, 5.41) is 4.71. The third-order valence-corrected chi connectivity index (χ3v) is 4.36. The number of amides is 2. The predicted octanol–water partition coefficient (Wildman–Crippen LogP) is 3.66. The molecule has 0 saturated carbocycles. The topological polar surface area (TPSA) is 67.9 Å². The smallest absolute Gasteiger partial charge is 0.246 e. The van der Waals surface area contributed by atoms with Gasteiger partial charge in [0.1, 0.15) is 0 Å². The second-order valence-corrected chi connectivity index (χ2v) is 6.60. The summed E-state index contributed by atoms with van der Waals surface area (Å²) in [5.41, 5.74) is 0.585. The van der Waals surface area contributed by atoms with E-state index in [2.05, 4.69) is 5.32 Å².